The Balaban J connectivity index is 0.000000181. The minimum absolute atomic E-state index is 0.00447. The van der Waals surface area contributed by atoms with E-state index in [0.717, 1.165) is 25.7 Å². The fourth-order valence-electron chi connectivity index (χ4n) is 7.89. The fraction of sp³-hybridized carbons (Fsp3) is 0.524. The van der Waals surface area contributed by atoms with E-state index >= 15 is 0 Å². The van der Waals surface area contributed by atoms with Gasteiger partial charge in [-0.3, -0.25) is 9.59 Å². The maximum Gasteiger partial charge on any atom is 0.257 e. The second-order valence-electron chi connectivity index (χ2n) is 16.2. The molecule has 0 unspecified atom stereocenters. The molecule has 0 spiro atoms. The predicted molar refractivity (Wildman–Crippen MR) is 226 cm³/mol. The van der Waals surface area contributed by atoms with Crippen molar-refractivity contribution >= 4 is 34.5 Å². The number of hydrogen-bond acceptors (Lipinski definition) is 14. The second kappa shape index (κ2) is 17.5. The SMILES string of the molecule is CC[C@](C)(O)c1nc([C@@H]2CC[C@@H](C)N(C(=O)c3ccsc3-n3nccn3)C2)oc1C.CC[C@](C)(O)c1nc([C@@H]2CC[C@@H](C)N(C(=O)c3ccsc3-n3nccn3)C2)oc1C. The Labute approximate surface area is 357 Å². The van der Waals surface area contributed by atoms with E-state index in [9.17, 15) is 19.8 Å². The number of amides is 2. The lowest BCUT2D eigenvalue weighted by atomic mass is 9.92. The van der Waals surface area contributed by atoms with Gasteiger partial charge in [-0.05, 0) is 103 Å². The highest BCUT2D eigenvalue weighted by atomic mass is 32.1. The first-order chi connectivity index (χ1) is 28.6. The van der Waals surface area contributed by atoms with E-state index in [1.54, 1.807) is 38.6 Å². The topological polar surface area (TPSA) is 195 Å². The lowest BCUT2D eigenvalue weighted by molar-refractivity contribution is 0.0470. The first kappa shape index (κ1) is 43.1. The van der Waals surface area contributed by atoms with Crippen LogP contribution in [0.5, 0.6) is 0 Å². The number of aromatic nitrogens is 8. The van der Waals surface area contributed by atoms with Crippen LogP contribution < -0.4 is 0 Å². The molecule has 16 nitrogen and oxygen atoms in total. The maximum atomic E-state index is 13.4. The van der Waals surface area contributed by atoms with Crippen LogP contribution in [0.2, 0.25) is 0 Å². The van der Waals surface area contributed by atoms with Crippen LogP contribution in [0.3, 0.4) is 0 Å². The number of hydrogen-bond donors (Lipinski definition) is 2. The quantitative estimate of drug-likeness (QED) is 0.140. The molecular weight excluding hydrogens is 805 g/mol. The number of oxazole rings is 2. The molecule has 6 atom stereocenters. The summed E-state index contributed by atoms with van der Waals surface area (Å²) in [6.45, 7) is 16.2. The Morgan fingerprint density at radius 3 is 1.40 bits per heavy atom. The first-order valence-electron chi connectivity index (χ1n) is 20.5. The van der Waals surface area contributed by atoms with Crippen molar-refractivity contribution < 1.29 is 28.6 Å². The average Bonchev–Trinajstić information content (AvgIpc) is 4.09. The van der Waals surface area contributed by atoms with Crippen molar-refractivity contribution in [1.82, 2.24) is 49.8 Å². The Bertz CT molecular complexity index is 2210. The Morgan fingerprint density at radius 2 is 1.05 bits per heavy atom. The van der Waals surface area contributed by atoms with E-state index in [2.05, 4.69) is 44.2 Å². The van der Waals surface area contributed by atoms with Crippen LogP contribution >= 0.6 is 22.7 Å². The highest BCUT2D eigenvalue weighted by Crippen LogP contribution is 2.37. The third-order valence-corrected chi connectivity index (χ3v) is 13.7. The molecule has 8 heterocycles. The molecule has 0 aromatic carbocycles. The molecule has 2 N–H and O–H groups in total. The minimum Gasteiger partial charge on any atom is -0.445 e. The summed E-state index contributed by atoms with van der Waals surface area (Å²) in [4.78, 5) is 42.9. The van der Waals surface area contributed by atoms with E-state index in [0.29, 0.717) is 81.8 Å². The average molecular weight is 859 g/mol. The fourth-order valence-corrected chi connectivity index (χ4v) is 9.50. The largest absolute Gasteiger partial charge is 0.445 e. The Kier molecular flexibility index (Phi) is 12.6. The predicted octanol–water partition coefficient (Wildman–Crippen LogP) is 7.30. The number of rotatable bonds is 10. The van der Waals surface area contributed by atoms with Gasteiger partial charge in [0.1, 0.15) is 34.1 Å². The van der Waals surface area contributed by atoms with E-state index in [4.69, 9.17) is 8.83 Å². The second-order valence-corrected chi connectivity index (χ2v) is 18.0. The van der Waals surface area contributed by atoms with Crippen molar-refractivity contribution in [3.05, 3.63) is 93.5 Å². The molecule has 2 aliphatic rings. The summed E-state index contributed by atoms with van der Waals surface area (Å²) >= 11 is 2.88. The molecule has 0 saturated carbocycles. The van der Waals surface area contributed by atoms with Gasteiger partial charge in [-0.2, -0.15) is 20.4 Å². The van der Waals surface area contributed by atoms with E-state index < -0.39 is 11.2 Å². The van der Waals surface area contributed by atoms with Crippen molar-refractivity contribution in [3.63, 3.8) is 0 Å². The van der Waals surface area contributed by atoms with Gasteiger partial charge in [-0.15, -0.1) is 32.3 Å². The van der Waals surface area contributed by atoms with Gasteiger partial charge in [0.25, 0.3) is 11.8 Å². The molecule has 0 aliphatic carbocycles. The molecule has 60 heavy (non-hydrogen) atoms. The van der Waals surface area contributed by atoms with Crippen LogP contribution in [-0.2, 0) is 11.2 Å². The Hall–Kier alpha value is -5.04. The van der Waals surface area contributed by atoms with Crippen molar-refractivity contribution in [2.24, 2.45) is 0 Å². The number of nitrogens with zero attached hydrogens (tertiary/aromatic N) is 10. The summed E-state index contributed by atoms with van der Waals surface area (Å²) in [7, 11) is 0. The van der Waals surface area contributed by atoms with Crippen LogP contribution in [0, 0.1) is 13.8 Å². The summed E-state index contributed by atoms with van der Waals surface area (Å²) in [6, 6.07) is 3.88. The van der Waals surface area contributed by atoms with Gasteiger partial charge in [0.05, 0.1) is 47.8 Å². The number of piperidine rings is 2. The van der Waals surface area contributed by atoms with Gasteiger partial charge in [0.15, 0.2) is 21.8 Å². The van der Waals surface area contributed by atoms with Crippen molar-refractivity contribution in [1.29, 1.82) is 0 Å². The van der Waals surface area contributed by atoms with Crippen molar-refractivity contribution in [2.45, 2.75) is 129 Å². The normalized spacial score (nSPS) is 21.6. The summed E-state index contributed by atoms with van der Waals surface area (Å²) in [5.74, 6) is 2.39. The monoisotopic (exact) mass is 858 g/mol. The molecule has 0 bridgehead atoms. The van der Waals surface area contributed by atoms with E-state index in [-0.39, 0.29) is 35.7 Å². The van der Waals surface area contributed by atoms with Gasteiger partial charge in [0.2, 0.25) is 0 Å². The molecule has 6 aromatic rings. The smallest absolute Gasteiger partial charge is 0.257 e. The van der Waals surface area contributed by atoms with Crippen LogP contribution in [0.15, 0.2) is 56.5 Å². The van der Waals surface area contributed by atoms with E-state index in [1.165, 1.54) is 32.3 Å². The number of carbonyl (C=O) groups is 2. The molecular formula is C42H54N10O6S2. The van der Waals surface area contributed by atoms with Crippen molar-refractivity contribution in [3.8, 4) is 10.0 Å². The summed E-state index contributed by atoms with van der Waals surface area (Å²) in [5, 5.41) is 43.1. The Morgan fingerprint density at radius 1 is 0.683 bits per heavy atom. The number of thiophene rings is 2. The lowest BCUT2D eigenvalue weighted by Gasteiger charge is -2.37. The molecule has 2 amide bonds. The zero-order valence-electron chi connectivity index (χ0n) is 35.4. The standard InChI is InChI=1S/2C21H27N5O3S/c2*1-5-21(4,28)17-14(3)29-18(24-17)15-7-6-13(2)25(12-15)19(27)16-8-11-30-20(16)26-22-9-10-23-26/h2*8-11,13,15,28H,5-7,12H2,1-4H3/t2*13-,15-,21+/m11/s1. The van der Waals surface area contributed by atoms with Gasteiger partial charge >= 0.3 is 0 Å². The third kappa shape index (κ3) is 8.60. The zero-order chi connectivity index (χ0) is 42.9. The van der Waals surface area contributed by atoms with Gasteiger partial charge < -0.3 is 28.8 Å². The van der Waals surface area contributed by atoms with Crippen LogP contribution in [-0.4, -0.2) is 97.0 Å². The van der Waals surface area contributed by atoms with Gasteiger partial charge in [-0.1, -0.05) is 13.8 Å². The number of carbonyl (C=O) groups excluding carboxylic acids is 2. The molecule has 18 heteroatoms. The molecule has 320 valence electrons. The summed E-state index contributed by atoms with van der Waals surface area (Å²) in [6.07, 6.45) is 11.0. The molecule has 2 fully saturated rings. The highest BCUT2D eigenvalue weighted by molar-refractivity contribution is 7.13. The molecule has 6 aromatic heterocycles. The third-order valence-electron chi connectivity index (χ3n) is 12.0. The molecule has 2 aliphatic heterocycles. The number of aryl methyl sites for hydroxylation is 2. The van der Waals surface area contributed by atoms with Gasteiger partial charge in [-0.25, -0.2) is 9.97 Å². The van der Waals surface area contributed by atoms with Crippen LogP contribution in [0.4, 0.5) is 0 Å². The van der Waals surface area contributed by atoms with E-state index in [1.807, 2.05) is 60.4 Å². The first-order valence-corrected chi connectivity index (χ1v) is 22.3. The minimum atomic E-state index is -1.02. The molecule has 0 radical (unpaired) electrons. The molecule has 2 saturated heterocycles. The van der Waals surface area contributed by atoms with Gasteiger partial charge in [0, 0.05) is 25.2 Å². The van der Waals surface area contributed by atoms with Crippen LogP contribution in [0.25, 0.3) is 10.0 Å². The lowest BCUT2D eigenvalue weighted by Crippen LogP contribution is -2.45. The number of likely N-dealkylation sites (tertiary alicyclic amines) is 2. The highest BCUT2D eigenvalue weighted by Gasteiger charge is 2.38. The molecule has 8 rings (SSSR count). The summed E-state index contributed by atoms with van der Waals surface area (Å²) in [5.41, 5.74) is 0.323. The van der Waals surface area contributed by atoms with Crippen molar-refractivity contribution in [2.75, 3.05) is 13.1 Å². The van der Waals surface area contributed by atoms with Crippen LogP contribution in [0.1, 0.15) is 147 Å². The number of aliphatic hydroxyl groups is 2. The zero-order valence-corrected chi connectivity index (χ0v) is 37.0. The summed E-state index contributed by atoms with van der Waals surface area (Å²) < 4.78 is 11.9. The maximum absolute atomic E-state index is 13.4.